The molecule has 6 heteroatoms. The number of fused-ring (bicyclic) bond motifs is 1. The third kappa shape index (κ3) is 5.44. The van der Waals surface area contributed by atoms with E-state index >= 15 is 0 Å². The first-order chi connectivity index (χ1) is 14.4. The van der Waals surface area contributed by atoms with E-state index < -0.39 is 18.5 Å². The molecule has 0 aliphatic heterocycles. The molecule has 30 heavy (non-hydrogen) atoms. The van der Waals surface area contributed by atoms with Gasteiger partial charge in [0.05, 0.1) is 6.04 Å². The predicted molar refractivity (Wildman–Crippen MR) is 115 cm³/mol. The summed E-state index contributed by atoms with van der Waals surface area (Å²) < 4.78 is 4.97. The fraction of sp³-hybridized carbons (Fsp3) is 0.208. The van der Waals surface area contributed by atoms with E-state index in [-0.39, 0.29) is 18.5 Å². The molecule has 0 unspecified atom stereocenters. The van der Waals surface area contributed by atoms with Crippen molar-refractivity contribution in [2.45, 2.75) is 19.9 Å². The Kier molecular flexibility index (Phi) is 6.80. The Morgan fingerprint density at radius 1 is 0.967 bits per heavy atom. The molecule has 0 aliphatic carbocycles. The zero-order valence-electron chi connectivity index (χ0n) is 17.0. The molecule has 0 saturated heterocycles. The third-order valence-corrected chi connectivity index (χ3v) is 4.71. The van der Waals surface area contributed by atoms with Crippen molar-refractivity contribution in [3.05, 3.63) is 83.4 Å². The molecule has 154 valence electrons. The molecule has 3 rings (SSSR count). The number of carbonyl (C=O) groups is 3. The van der Waals surface area contributed by atoms with Crippen LogP contribution in [0, 0.1) is 6.92 Å². The van der Waals surface area contributed by atoms with Crippen LogP contribution < -0.4 is 10.6 Å². The van der Waals surface area contributed by atoms with E-state index in [9.17, 15) is 14.4 Å². The number of ether oxygens (including phenoxy) is 1. The lowest BCUT2D eigenvalue weighted by atomic mass is 10.00. The van der Waals surface area contributed by atoms with E-state index in [4.69, 9.17) is 4.74 Å². The Labute approximate surface area is 175 Å². The molecule has 6 nitrogen and oxygen atoms in total. The molecular formula is C24H24N2O4. The molecule has 1 atom stereocenters. The number of benzene rings is 3. The summed E-state index contributed by atoms with van der Waals surface area (Å²) in [5.41, 5.74) is 2.39. The number of rotatable bonds is 7. The minimum atomic E-state index is -0.677. The van der Waals surface area contributed by atoms with Crippen LogP contribution in [0.3, 0.4) is 0 Å². The molecule has 0 heterocycles. The van der Waals surface area contributed by atoms with Gasteiger partial charge in [0.2, 0.25) is 0 Å². The summed E-state index contributed by atoms with van der Waals surface area (Å²) in [7, 11) is 0. The summed E-state index contributed by atoms with van der Waals surface area (Å²) >= 11 is 0. The van der Waals surface area contributed by atoms with Crippen LogP contribution in [0.1, 0.15) is 34.5 Å². The Bertz CT molecular complexity index is 1070. The molecule has 0 aromatic heterocycles. The third-order valence-electron chi connectivity index (χ3n) is 4.71. The highest BCUT2D eigenvalue weighted by atomic mass is 16.5. The maximum atomic E-state index is 12.2. The molecule has 0 bridgehead atoms. The average molecular weight is 404 g/mol. The van der Waals surface area contributed by atoms with Gasteiger partial charge < -0.3 is 15.4 Å². The molecule has 0 spiro atoms. The smallest absolute Gasteiger partial charge is 0.325 e. The largest absolute Gasteiger partial charge is 0.454 e. The first kappa shape index (κ1) is 21.0. The molecule has 0 aliphatic rings. The van der Waals surface area contributed by atoms with Crippen LogP contribution in [0.2, 0.25) is 0 Å². The van der Waals surface area contributed by atoms with Gasteiger partial charge in [-0.05, 0) is 42.3 Å². The van der Waals surface area contributed by atoms with Gasteiger partial charge in [-0.2, -0.15) is 0 Å². The molecule has 0 radical (unpaired) electrons. The van der Waals surface area contributed by atoms with E-state index in [0.29, 0.717) is 5.56 Å². The van der Waals surface area contributed by atoms with Crippen molar-refractivity contribution in [1.29, 1.82) is 0 Å². The predicted octanol–water partition coefficient (Wildman–Crippen LogP) is 3.30. The highest BCUT2D eigenvalue weighted by molar-refractivity contribution is 5.96. The monoisotopic (exact) mass is 404 g/mol. The summed E-state index contributed by atoms with van der Waals surface area (Å²) in [4.78, 5) is 36.1. The normalized spacial score (nSPS) is 11.5. The fourth-order valence-corrected chi connectivity index (χ4v) is 3.23. The van der Waals surface area contributed by atoms with Gasteiger partial charge in [0.15, 0.2) is 6.61 Å². The Morgan fingerprint density at radius 2 is 1.70 bits per heavy atom. The average Bonchev–Trinajstić information content (AvgIpc) is 2.75. The van der Waals surface area contributed by atoms with Crippen molar-refractivity contribution in [3.8, 4) is 0 Å². The second-order valence-electron chi connectivity index (χ2n) is 7.07. The molecule has 0 saturated carbocycles. The van der Waals surface area contributed by atoms with Gasteiger partial charge in [-0.15, -0.1) is 0 Å². The first-order valence-corrected chi connectivity index (χ1v) is 9.71. The lowest BCUT2D eigenvalue weighted by Crippen LogP contribution is -2.34. The number of carbonyl (C=O) groups excluding carboxylic acids is 3. The van der Waals surface area contributed by atoms with Crippen LogP contribution in [-0.4, -0.2) is 30.9 Å². The second-order valence-corrected chi connectivity index (χ2v) is 7.07. The second kappa shape index (κ2) is 9.69. The quantitative estimate of drug-likeness (QED) is 0.592. The number of amides is 2. The van der Waals surface area contributed by atoms with Crippen LogP contribution in [0.5, 0.6) is 0 Å². The van der Waals surface area contributed by atoms with Gasteiger partial charge in [-0.3, -0.25) is 14.4 Å². The number of esters is 1. The zero-order chi connectivity index (χ0) is 21.5. The van der Waals surface area contributed by atoms with Gasteiger partial charge in [0.1, 0.15) is 6.54 Å². The molecular weight excluding hydrogens is 380 g/mol. The van der Waals surface area contributed by atoms with E-state index in [1.165, 1.54) is 0 Å². The fourth-order valence-electron chi connectivity index (χ4n) is 3.23. The molecule has 3 aromatic carbocycles. The topological polar surface area (TPSA) is 84.5 Å². The summed E-state index contributed by atoms with van der Waals surface area (Å²) in [6.07, 6.45) is 0. The van der Waals surface area contributed by atoms with Crippen LogP contribution >= 0.6 is 0 Å². The van der Waals surface area contributed by atoms with Crippen molar-refractivity contribution in [2.24, 2.45) is 0 Å². The summed E-state index contributed by atoms with van der Waals surface area (Å²) in [5.74, 6) is -1.46. The van der Waals surface area contributed by atoms with E-state index in [1.54, 1.807) is 18.2 Å². The van der Waals surface area contributed by atoms with Crippen LogP contribution in [-0.2, 0) is 14.3 Å². The highest BCUT2D eigenvalue weighted by Gasteiger charge is 2.14. The molecule has 2 amide bonds. The maximum absolute atomic E-state index is 12.2. The van der Waals surface area contributed by atoms with E-state index in [1.807, 2.05) is 62.4 Å². The lowest BCUT2D eigenvalue weighted by Gasteiger charge is -2.16. The van der Waals surface area contributed by atoms with Crippen LogP contribution in [0.25, 0.3) is 10.8 Å². The highest BCUT2D eigenvalue weighted by Crippen LogP contribution is 2.23. The van der Waals surface area contributed by atoms with E-state index in [0.717, 1.165) is 21.9 Å². The van der Waals surface area contributed by atoms with Crippen molar-refractivity contribution in [2.75, 3.05) is 13.2 Å². The number of nitrogens with one attached hydrogen (secondary N) is 2. The lowest BCUT2D eigenvalue weighted by molar-refractivity contribution is -0.147. The van der Waals surface area contributed by atoms with Gasteiger partial charge in [-0.1, -0.05) is 60.2 Å². The Hall–Kier alpha value is -3.67. The van der Waals surface area contributed by atoms with Gasteiger partial charge >= 0.3 is 5.97 Å². The standard InChI is InChI=1S/C24H24N2O4/c1-16-7-5-10-19(13-16)24(29)25-14-23(28)30-15-22(27)26-17(2)20-12-6-9-18-8-3-4-11-21(18)20/h3-13,17H,14-15H2,1-2H3,(H,25,29)(H,26,27)/t17-/m0/s1. The molecule has 3 aromatic rings. The van der Waals surface area contributed by atoms with Gasteiger partial charge in [0, 0.05) is 5.56 Å². The maximum Gasteiger partial charge on any atom is 0.325 e. The van der Waals surface area contributed by atoms with Gasteiger partial charge in [0.25, 0.3) is 11.8 Å². The van der Waals surface area contributed by atoms with Gasteiger partial charge in [-0.25, -0.2) is 0 Å². The van der Waals surface area contributed by atoms with Crippen LogP contribution in [0.15, 0.2) is 66.7 Å². The molecule has 0 fully saturated rings. The zero-order valence-corrected chi connectivity index (χ0v) is 17.0. The number of hydrogen-bond acceptors (Lipinski definition) is 4. The number of aryl methyl sites for hydroxylation is 1. The van der Waals surface area contributed by atoms with E-state index in [2.05, 4.69) is 10.6 Å². The number of hydrogen-bond donors (Lipinski definition) is 2. The summed E-state index contributed by atoms with van der Waals surface area (Å²) in [5, 5.41) is 7.48. The summed E-state index contributed by atoms with van der Waals surface area (Å²) in [6.45, 7) is 3.04. The summed E-state index contributed by atoms with van der Waals surface area (Å²) in [6, 6.07) is 20.6. The van der Waals surface area contributed by atoms with Crippen molar-refractivity contribution < 1.29 is 19.1 Å². The Morgan fingerprint density at radius 3 is 2.50 bits per heavy atom. The molecule has 2 N–H and O–H groups in total. The Balaban J connectivity index is 1.47. The van der Waals surface area contributed by atoms with Crippen molar-refractivity contribution in [1.82, 2.24) is 10.6 Å². The SMILES string of the molecule is Cc1cccc(C(=O)NCC(=O)OCC(=O)N[C@@H](C)c2cccc3ccccc23)c1. The van der Waals surface area contributed by atoms with Crippen LogP contribution in [0.4, 0.5) is 0 Å². The minimum Gasteiger partial charge on any atom is -0.454 e. The van der Waals surface area contributed by atoms with Crippen molar-refractivity contribution in [3.63, 3.8) is 0 Å². The van der Waals surface area contributed by atoms with Crippen molar-refractivity contribution >= 4 is 28.6 Å². The first-order valence-electron chi connectivity index (χ1n) is 9.71. The minimum absolute atomic E-state index is 0.247.